The molecule has 1 atom stereocenters. The predicted octanol–water partition coefficient (Wildman–Crippen LogP) is 1.98. The molecule has 15 heavy (non-hydrogen) atoms. The SMILES string of the molecule is CC(C)C(C)Nc1nc(NN)ncc1Br. The van der Waals surface area contributed by atoms with E-state index in [0.29, 0.717) is 17.9 Å². The van der Waals surface area contributed by atoms with Crippen LogP contribution in [0.25, 0.3) is 0 Å². The molecule has 0 aliphatic carbocycles. The summed E-state index contributed by atoms with van der Waals surface area (Å²) >= 11 is 3.38. The van der Waals surface area contributed by atoms with Crippen molar-refractivity contribution in [3.63, 3.8) is 0 Å². The molecule has 5 nitrogen and oxygen atoms in total. The van der Waals surface area contributed by atoms with Crippen molar-refractivity contribution in [2.24, 2.45) is 11.8 Å². The van der Waals surface area contributed by atoms with E-state index in [4.69, 9.17) is 5.84 Å². The first-order valence-corrected chi connectivity index (χ1v) is 5.59. The Kier molecular flexibility index (Phi) is 4.28. The first-order chi connectivity index (χ1) is 7.04. The van der Waals surface area contributed by atoms with Crippen LogP contribution < -0.4 is 16.6 Å². The molecule has 1 rings (SSSR count). The fourth-order valence-corrected chi connectivity index (χ4v) is 1.23. The summed E-state index contributed by atoms with van der Waals surface area (Å²) in [6, 6.07) is 0.335. The highest BCUT2D eigenvalue weighted by Crippen LogP contribution is 2.21. The Hall–Kier alpha value is -0.880. The second kappa shape index (κ2) is 5.27. The van der Waals surface area contributed by atoms with Gasteiger partial charge in [-0.15, -0.1) is 0 Å². The molecule has 84 valence electrons. The zero-order valence-corrected chi connectivity index (χ0v) is 10.7. The maximum atomic E-state index is 5.24. The van der Waals surface area contributed by atoms with Gasteiger partial charge in [0.15, 0.2) is 0 Å². The zero-order valence-electron chi connectivity index (χ0n) is 9.08. The van der Waals surface area contributed by atoms with Gasteiger partial charge in [-0.2, -0.15) is 4.98 Å². The highest BCUT2D eigenvalue weighted by atomic mass is 79.9. The molecule has 0 bridgehead atoms. The molecule has 0 fully saturated rings. The Balaban J connectivity index is 2.83. The Morgan fingerprint density at radius 1 is 1.40 bits per heavy atom. The molecular formula is C9H16BrN5. The summed E-state index contributed by atoms with van der Waals surface area (Å²) in [6.45, 7) is 6.40. The molecule has 1 aromatic heterocycles. The molecule has 1 unspecified atom stereocenters. The van der Waals surface area contributed by atoms with Crippen LogP contribution in [0.2, 0.25) is 0 Å². The number of nitrogen functional groups attached to an aromatic ring is 1. The number of anilines is 2. The molecule has 4 N–H and O–H groups in total. The predicted molar refractivity (Wildman–Crippen MR) is 65.5 cm³/mol. The highest BCUT2D eigenvalue weighted by molar-refractivity contribution is 9.10. The van der Waals surface area contributed by atoms with E-state index >= 15 is 0 Å². The lowest BCUT2D eigenvalue weighted by atomic mass is 10.1. The van der Waals surface area contributed by atoms with Gasteiger partial charge in [0.25, 0.3) is 0 Å². The number of aromatic nitrogens is 2. The van der Waals surface area contributed by atoms with Crippen LogP contribution >= 0.6 is 15.9 Å². The molecule has 0 aliphatic heterocycles. The summed E-state index contributed by atoms with van der Waals surface area (Å²) in [6.07, 6.45) is 1.66. The maximum Gasteiger partial charge on any atom is 0.239 e. The standard InChI is InChI=1S/C9H16BrN5/c1-5(2)6(3)13-8-7(10)4-12-9(14-8)15-11/h4-6H,11H2,1-3H3,(H2,12,13,14,15). The van der Waals surface area contributed by atoms with Crippen LogP contribution in [0.1, 0.15) is 20.8 Å². The molecule has 0 saturated carbocycles. The average molecular weight is 274 g/mol. The lowest BCUT2D eigenvalue weighted by molar-refractivity contribution is 0.558. The summed E-state index contributed by atoms with van der Waals surface area (Å²) in [7, 11) is 0. The number of nitrogens with zero attached hydrogens (tertiary/aromatic N) is 2. The minimum atomic E-state index is 0.335. The van der Waals surface area contributed by atoms with E-state index in [1.165, 1.54) is 0 Å². The number of nitrogens with two attached hydrogens (primary N) is 1. The Bertz CT molecular complexity index is 328. The number of hydrazine groups is 1. The van der Waals surface area contributed by atoms with Gasteiger partial charge in [0, 0.05) is 12.2 Å². The number of rotatable bonds is 4. The third-order valence-corrected chi connectivity index (χ3v) is 2.82. The van der Waals surface area contributed by atoms with Crippen LogP contribution in [0.5, 0.6) is 0 Å². The van der Waals surface area contributed by atoms with E-state index in [2.05, 4.69) is 57.4 Å². The van der Waals surface area contributed by atoms with E-state index < -0.39 is 0 Å². The highest BCUT2D eigenvalue weighted by Gasteiger charge is 2.10. The molecule has 1 heterocycles. The van der Waals surface area contributed by atoms with Crippen molar-refractivity contribution in [1.82, 2.24) is 9.97 Å². The van der Waals surface area contributed by atoms with Crippen molar-refractivity contribution in [1.29, 1.82) is 0 Å². The summed E-state index contributed by atoms with van der Waals surface area (Å²) in [4.78, 5) is 8.18. The van der Waals surface area contributed by atoms with E-state index in [1.54, 1.807) is 6.20 Å². The van der Waals surface area contributed by atoms with Gasteiger partial charge < -0.3 is 5.32 Å². The van der Waals surface area contributed by atoms with Gasteiger partial charge in [-0.1, -0.05) is 13.8 Å². The fourth-order valence-electron chi connectivity index (χ4n) is 0.920. The second-order valence-corrected chi connectivity index (χ2v) is 4.57. The molecule has 1 aromatic rings. The number of hydrogen-bond donors (Lipinski definition) is 3. The minimum Gasteiger partial charge on any atom is -0.366 e. The van der Waals surface area contributed by atoms with Crippen molar-refractivity contribution >= 4 is 27.7 Å². The van der Waals surface area contributed by atoms with Gasteiger partial charge in [-0.25, -0.2) is 10.8 Å². The quantitative estimate of drug-likeness (QED) is 0.578. The van der Waals surface area contributed by atoms with Gasteiger partial charge in [0.05, 0.1) is 4.47 Å². The Labute approximate surface area is 98.0 Å². The molecular weight excluding hydrogens is 258 g/mol. The summed E-state index contributed by atoms with van der Waals surface area (Å²) in [5.74, 6) is 6.92. The van der Waals surface area contributed by atoms with Gasteiger partial charge in [0.2, 0.25) is 5.95 Å². The second-order valence-electron chi connectivity index (χ2n) is 3.71. The first kappa shape index (κ1) is 12.2. The van der Waals surface area contributed by atoms with E-state index in [0.717, 1.165) is 10.3 Å². The van der Waals surface area contributed by atoms with Crippen molar-refractivity contribution < 1.29 is 0 Å². The maximum absolute atomic E-state index is 5.24. The Morgan fingerprint density at radius 2 is 2.07 bits per heavy atom. The van der Waals surface area contributed by atoms with E-state index in [1.807, 2.05) is 0 Å². The van der Waals surface area contributed by atoms with Crippen LogP contribution in [0.15, 0.2) is 10.7 Å². The zero-order chi connectivity index (χ0) is 11.4. The lowest BCUT2D eigenvalue weighted by Gasteiger charge is -2.18. The summed E-state index contributed by atoms with van der Waals surface area (Å²) in [5, 5.41) is 3.29. The van der Waals surface area contributed by atoms with Gasteiger partial charge in [0.1, 0.15) is 5.82 Å². The molecule has 0 aliphatic rings. The molecule has 6 heteroatoms. The van der Waals surface area contributed by atoms with Gasteiger partial charge in [-0.05, 0) is 28.8 Å². The van der Waals surface area contributed by atoms with Crippen molar-refractivity contribution in [3.05, 3.63) is 10.7 Å². The molecule has 0 aromatic carbocycles. The van der Waals surface area contributed by atoms with Crippen LogP contribution in [0.4, 0.5) is 11.8 Å². The third kappa shape index (κ3) is 3.32. The minimum absolute atomic E-state index is 0.335. The Morgan fingerprint density at radius 3 is 2.60 bits per heavy atom. The third-order valence-electron chi connectivity index (χ3n) is 2.24. The van der Waals surface area contributed by atoms with Crippen LogP contribution in [0, 0.1) is 5.92 Å². The summed E-state index contributed by atoms with van der Waals surface area (Å²) < 4.78 is 0.828. The largest absolute Gasteiger partial charge is 0.366 e. The average Bonchev–Trinajstić information content (AvgIpc) is 2.21. The number of hydrogen-bond acceptors (Lipinski definition) is 5. The van der Waals surface area contributed by atoms with E-state index in [9.17, 15) is 0 Å². The first-order valence-electron chi connectivity index (χ1n) is 4.80. The van der Waals surface area contributed by atoms with Crippen LogP contribution in [-0.2, 0) is 0 Å². The lowest BCUT2D eigenvalue weighted by Crippen LogP contribution is -2.23. The molecule has 0 amide bonds. The van der Waals surface area contributed by atoms with Crippen LogP contribution in [0.3, 0.4) is 0 Å². The van der Waals surface area contributed by atoms with E-state index in [-0.39, 0.29) is 0 Å². The molecule has 0 radical (unpaired) electrons. The topological polar surface area (TPSA) is 75.9 Å². The van der Waals surface area contributed by atoms with Crippen molar-refractivity contribution in [3.8, 4) is 0 Å². The molecule has 0 saturated heterocycles. The smallest absolute Gasteiger partial charge is 0.239 e. The van der Waals surface area contributed by atoms with Crippen molar-refractivity contribution in [2.75, 3.05) is 10.7 Å². The van der Waals surface area contributed by atoms with Gasteiger partial charge in [-0.3, -0.25) is 5.43 Å². The number of nitrogens with one attached hydrogen (secondary N) is 2. The normalized spacial score (nSPS) is 12.7. The summed E-state index contributed by atoms with van der Waals surface area (Å²) in [5.41, 5.74) is 2.41. The number of halogens is 1. The van der Waals surface area contributed by atoms with Gasteiger partial charge >= 0.3 is 0 Å². The monoisotopic (exact) mass is 273 g/mol. The molecule has 0 spiro atoms. The fraction of sp³-hybridized carbons (Fsp3) is 0.556. The van der Waals surface area contributed by atoms with Crippen LogP contribution in [-0.4, -0.2) is 16.0 Å². The van der Waals surface area contributed by atoms with Crippen molar-refractivity contribution in [2.45, 2.75) is 26.8 Å².